The van der Waals surface area contributed by atoms with Crippen LogP contribution in [0.5, 0.6) is 0 Å². The average molecular weight is 247 g/mol. The van der Waals surface area contributed by atoms with Crippen molar-refractivity contribution in [2.24, 2.45) is 0 Å². The van der Waals surface area contributed by atoms with Crippen LogP contribution < -0.4 is 5.43 Å². The summed E-state index contributed by atoms with van der Waals surface area (Å²) in [6.45, 7) is 4.33. The second-order valence-corrected chi connectivity index (χ2v) is 4.95. The Labute approximate surface area is 107 Å². The SMILES string of the molecule is CC1CCCC(C)N1Nc1ccc(F)cc1C#N. The predicted octanol–water partition coefficient (Wildman–Crippen LogP) is 3.29. The van der Waals surface area contributed by atoms with E-state index in [1.54, 1.807) is 6.07 Å². The third kappa shape index (κ3) is 2.62. The highest BCUT2D eigenvalue weighted by molar-refractivity contribution is 5.56. The van der Waals surface area contributed by atoms with E-state index in [1.165, 1.54) is 18.6 Å². The van der Waals surface area contributed by atoms with Crippen LogP contribution in [0.2, 0.25) is 0 Å². The molecule has 1 aromatic rings. The molecule has 1 fully saturated rings. The largest absolute Gasteiger partial charge is 0.317 e. The van der Waals surface area contributed by atoms with E-state index in [9.17, 15) is 4.39 Å². The van der Waals surface area contributed by atoms with Crippen LogP contribution in [0.25, 0.3) is 0 Å². The Kier molecular flexibility index (Phi) is 3.83. The number of nitrogens with one attached hydrogen (secondary N) is 1. The summed E-state index contributed by atoms with van der Waals surface area (Å²) in [4.78, 5) is 0. The van der Waals surface area contributed by atoms with E-state index in [4.69, 9.17) is 5.26 Å². The van der Waals surface area contributed by atoms with Crippen molar-refractivity contribution in [3.05, 3.63) is 29.6 Å². The van der Waals surface area contributed by atoms with Crippen LogP contribution in [0, 0.1) is 17.1 Å². The van der Waals surface area contributed by atoms with E-state index in [2.05, 4.69) is 24.3 Å². The Morgan fingerprint density at radius 2 is 2.00 bits per heavy atom. The number of nitrogens with zero attached hydrogens (tertiary/aromatic N) is 2. The molecule has 0 radical (unpaired) electrons. The lowest BCUT2D eigenvalue weighted by Crippen LogP contribution is -2.47. The Morgan fingerprint density at radius 1 is 1.33 bits per heavy atom. The third-order valence-electron chi connectivity index (χ3n) is 3.55. The second kappa shape index (κ2) is 5.36. The summed E-state index contributed by atoms with van der Waals surface area (Å²) in [6.07, 6.45) is 3.51. The number of nitriles is 1. The van der Waals surface area contributed by atoms with Gasteiger partial charge in [0.15, 0.2) is 0 Å². The van der Waals surface area contributed by atoms with Crippen molar-refractivity contribution < 1.29 is 4.39 Å². The first kappa shape index (κ1) is 12.8. The normalized spacial score (nSPS) is 24.6. The molecule has 1 aliphatic heterocycles. The van der Waals surface area contributed by atoms with Gasteiger partial charge in [0, 0.05) is 12.1 Å². The number of hydrogen-bond acceptors (Lipinski definition) is 3. The zero-order valence-electron chi connectivity index (χ0n) is 10.8. The molecular weight excluding hydrogens is 229 g/mol. The number of halogens is 1. The van der Waals surface area contributed by atoms with Gasteiger partial charge in [0.05, 0.1) is 11.3 Å². The fraction of sp³-hybridized carbons (Fsp3) is 0.500. The minimum absolute atomic E-state index is 0.347. The van der Waals surface area contributed by atoms with Gasteiger partial charge in [-0.05, 0) is 44.9 Å². The molecule has 2 rings (SSSR count). The highest BCUT2D eigenvalue weighted by Gasteiger charge is 2.25. The molecule has 1 N–H and O–H groups in total. The lowest BCUT2D eigenvalue weighted by atomic mass is 10.00. The number of rotatable bonds is 2. The molecule has 0 aromatic heterocycles. The maximum Gasteiger partial charge on any atom is 0.124 e. The molecule has 4 heteroatoms. The molecule has 0 amide bonds. The smallest absolute Gasteiger partial charge is 0.124 e. The van der Waals surface area contributed by atoms with Crippen molar-refractivity contribution in [1.82, 2.24) is 5.01 Å². The maximum atomic E-state index is 13.1. The standard InChI is InChI=1S/C14H18FN3/c1-10-4-3-5-11(2)18(10)17-14-7-6-13(15)8-12(14)9-16/h6-8,10-11,17H,3-5H2,1-2H3. The maximum absolute atomic E-state index is 13.1. The van der Waals surface area contributed by atoms with Crippen molar-refractivity contribution in [2.75, 3.05) is 5.43 Å². The quantitative estimate of drug-likeness (QED) is 0.871. The van der Waals surface area contributed by atoms with Gasteiger partial charge in [-0.25, -0.2) is 9.40 Å². The number of benzene rings is 1. The number of hydrogen-bond donors (Lipinski definition) is 1. The zero-order valence-corrected chi connectivity index (χ0v) is 10.8. The molecule has 18 heavy (non-hydrogen) atoms. The first-order valence-corrected chi connectivity index (χ1v) is 6.36. The fourth-order valence-electron chi connectivity index (χ4n) is 2.49. The first-order chi connectivity index (χ1) is 8.61. The Morgan fingerprint density at radius 3 is 2.61 bits per heavy atom. The van der Waals surface area contributed by atoms with E-state index in [0.717, 1.165) is 12.8 Å². The molecule has 0 aliphatic carbocycles. The van der Waals surface area contributed by atoms with Gasteiger partial charge in [-0.15, -0.1) is 0 Å². The van der Waals surface area contributed by atoms with Gasteiger partial charge < -0.3 is 5.43 Å². The van der Waals surface area contributed by atoms with Crippen molar-refractivity contribution in [2.45, 2.75) is 45.2 Å². The highest BCUT2D eigenvalue weighted by Crippen LogP contribution is 2.25. The van der Waals surface area contributed by atoms with Crippen LogP contribution in [-0.2, 0) is 0 Å². The second-order valence-electron chi connectivity index (χ2n) is 4.95. The Balaban J connectivity index is 2.20. The van der Waals surface area contributed by atoms with Crippen LogP contribution in [-0.4, -0.2) is 17.1 Å². The lowest BCUT2D eigenvalue weighted by molar-refractivity contribution is 0.135. The molecule has 3 nitrogen and oxygen atoms in total. The number of anilines is 1. The van der Waals surface area contributed by atoms with E-state index in [0.29, 0.717) is 23.3 Å². The van der Waals surface area contributed by atoms with Crippen LogP contribution >= 0.6 is 0 Å². The fourth-order valence-corrected chi connectivity index (χ4v) is 2.49. The first-order valence-electron chi connectivity index (χ1n) is 6.36. The van der Waals surface area contributed by atoms with E-state index < -0.39 is 0 Å². The molecule has 0 spiro atoms. The van der Waals surface area contributed by atoms with Gasteiger partial charge in [-0.3, -0.25) is 0 Å². The molecule has 1 saturated heterocycles. The summed E-state index contributed by atoms with van der Waals surface area (Å²) >= 11 is 0. The molecule has 0 saturated carbocycles. The van der Waals surface area contributed by atoms with Crippen molar-refractivity contribution >= 4 is 5.69 Å². The Hall–Kier alpha value is -1.60. The minimum atomic E-state index is -0.378. The van der Waals surface area contributed by atoms with Crippen molar-refractivity contribution in [3.8, 4) is 6.07 Å². The summed E-state index contributed by atoms with van der Waals surface area (Å²) < 4.78 is 13.1. The van der Waals surface area contributed by atoms with Crippen molar-refractivity contribution in [3.63, 3.8) is 0 Å². The van der Waals surface area contributed by atoms with Crippen LogP contribution in [0.15, 0.2) is 18.2 Å². The molecule has 1 aromatic carbocycles. The molecular formula is C14H18FN3. The van der Waals surface area contributed by atoms with Gasteiger partial charge in [0.2, 0.25) is 0 Å². The summed E-state index contributed by atoms with van der Waals surface area (Å²) in [5, 5.41) is 11.2. The molecule has 96 valence electrons. The van der Waals surface area contributed by atoms with Gasteiger partial charge in [0.25, 0.3) is 0 Å². The topological polar surface area (TPSA) is 39.1 Å². The number of piperidine rings is 1. The Bertz CT molecular complexity index is 457. The van der Waals surface area contributed by atoms with Gasteiger partial charge >= 0.3 is 0 Å². The number of hydrazine groups is 1. The predicted molar refractivity (Wildman–Crippen MR) is 69.4 cm³/mol. The molecule has 2 atom stereocenters. The lowest BCUT2D eigenvalue weighted by Gasteiger charge is -2.39. The van der Waals surface area contributed by atoms with Crippen LogP contribution in [0.1, 0.15) is 38.7 Å². The summed E-state index contributed by atoms with van der Waals surface area (Å²) in [5.41, 5.74) is 4.30. The summed E-state index contributed by atoms with van der Waals surface area (Å²) in [5.74, 6) is -0.378. The summed E-state index contributed by atoms with van der Waals surface area (Å²) in [6, 6.07) is 7.14. The monoisotopic (exact) mass is 247 g/mol. The van der Waals surface area contributed by atoms with Gasteiger partial charge in [-0.1, -0.05) is 6.42 Å². The zero-order chi connectivity index (χ0) is 13.1. The molecule has 1 heterocycles. The highest BCUT2D eigenvalue weighted by atomic mass is 19.1. The van der Waals surface area contributed by atoms with E-state index in [-0.39, 0.29) is 5.82 Å². The third-order valence-corrected chi connectivity index (χ3v) is 3.55. The minimum Gasteiger partial charge on any atom is -0.317 e. The van der Waals surface area contributed by atoms with Crippen molar-refractivity contribution in [1.29, 1.82) is 5.26 Å². The molecule has 2 unspecified atom stereocenters. The van der Waals surface area contributed by atoms with Crippen LogP contribution in [0.3, 0.4) is 0 Å². The van der Waals surface area contributed by atoms with E-state index >= 15 is 0 Å². The van der Waals surface area contributed by atoms with E-state index in [1.807, 2.05) is 6.07 Å². The van der Waals surface area contributed by atoms with Gasteiger partial charge in [0.1, 0.15) is 11.9 Å². The summed E-state index contributed by atoms with van der Waals surface area (Å²) in [7, 11) is 0. The molecule has 1 aliphatic rings. The van der Waals surface area contributed by atoms with Crippen LogP contribution in [0.4, 0.5) is 10.1 Å². The van der Waals surface area contributed by atoms with Gasteiger partial charge in [-0.2, -0.15) is 5.26 Å². The molecule has 0 bridgehead atoms. The average Bonchev–Trinajstić information content (AvgIpc) is 2.35.